The number of anilines is 1. The summed E-state index contributed by atoms with van der Waals surface area (Å²) in [5.41, 5.74) is 1.14. The minimum Gasteiger partial charge on any atom is -0.338 e. The largest absolute Gasteiger partial charge is 0.338 e. The van der Waals surface area contributed by atoms with Gasteiger partial charge in [-0.3, -0.25) is 5.32 Å². The van der Waals surface area contributed by atoms with Gasteiger partial charge in [-0.05, 0) is 18.9 Å². The number of nitrogens with zero attached hydrogens (tertiary/aromatic N) is 4. The van der Waals surface area contributed by atoms with Crippen LogP contribution >= 0.6 is 0 Å². The second kappa shape index (κ2) is 9.02. The molecule has 1 aromatic carbocycles. The van der Waals surface area contributed by atoms with E-state index in [1.807, 2.05) is 35.3 Å². The van der Waals surface area contributed by atoms with E-state index in [2.05, 4.69) is 51.3 Å². The van der Waals surface area contributed by atoms with Gasteiger partial charge in [0.25, 0.3) is 0 Å². The molecule has 7 nitrogen and oxygen atoms in total. The van der Waals surface area contributed by atoms with Gasteiger partial charge in [0, 0.05) is 38.0 Å². The standard InChI is InChI=1S/C20H26N6O/c1-3-18-21-13-15-25(18)14-7-11-22-20(27)24-19-10-12-23-26(19)16(2)17-8-5-4-6-9-17/h4-6,8-10,12-13,15-16H,3,7,11,14H2,1-2H3,(H2,22,24,27). The van der Waals surface area contributed by atoms with Crippen molar-refractivity contribution in [2.24, 2.45) is 0 Å². The number of amides is 2. The molecule has 0 aliphatic heterocycles. The summed E-state index contributed by atoms with van der Waals surface area (Å²) >= 11 is 0. The highest BCUT2D eigenvalue weighted by molar-refractivity contribution is 5.88. The zero-order chi connectivity index (χ0) is 19.1. The number of hydrogen-bond donors (Lipinski definition) is 2. The van der Waals surface area contributed by atoms with E-state index < -0.39 is 0 Å². The predicted octanol–water partition coefficient (Wildman–Crippen LogP) is 3.46. The van der Waals surface area contributed by atoms with E-state index in [1.54, 1.807) is 12.3 Å². The maximum absolute atomic E-state index is 12.2. The Balaban J connectivity index is 1.49. The van der Waals surface area contributed by atoms with Gasteiger partial charge in [-0.25, -0.2) is 14.5 Å². The van der Waals surface area contributed by atoms with Crippen LogP contribution in [0.5, 0.6) is 0 Å². The molecule has 2 heterocycles. The maximum Gasteiger partial charge on any atom is 0.320 e. The summed E-state index contributed by atoms with van der Waals surface area (Å²) < 4.78 is 3.93. The van der Waals surface area contributed by atoms with Crippen LogP contribution in [-0.2, 0) is 13.0 Å². The van der Waals surface area contributed by atoms with Gasteiger partial charge in [-0.2, -0.15) is 5.10 Å². The first-order valence-corrected chi connectivity index (χ1v) is 9.32. The van der Waals surface area contributed by atoms with Crippen LogP contribution in [-0.4, -0.2) is 31.9 Å². The van der Waals surface area contributed by atoms with Gasteiger partial charge in [0.15, 0.2) is 0 Å². The van der Waals surface area contributed by atoms with Crippen molar-refractivity contribution in [1.29, 1.82) is 0 Å². The second-order valence-corrected chi connectivity index (χ2v) is 6.37. The Morgan fingerprint density at radius 2 is 2.00 bits per heavy atom. The fourth-order valence-corrected chi connectivity index (χ4v) is 3.06. The van der Waals surface area contributed by atoms with Crippen molar-refractivity contribution >= 4 is 11.8 Å². The SMILES string of the molecule is CCc1nccn1CCCNC(=O)Nc1ccnn1C(C)c1ccccc1. The summed E-state index contributed by atoms with van der Waals surface area (Å²) in [6.45, 7) is 5.58. The Bertz CT molecular complexity index is 854. The highest BCUT2D eigenvalue weighted by Crippen LogP contribution is 2.21. The minimum absolute atomic E-state index is 0.0326. The van der Waals surface area contributed by atoms with Crippen LogP contribution in [0, 0.1) is 0 Å². The molecule has 7 heteroatoms. The summed E-state index contributed by atoms with van der Waals surface area (Å²) in [4.78, 5) is 16.5. The summed E-state index contributed by atoms with van der Waals surface area (Å²) in [7, 11) is 0. The molecule has 2 N–H and O–H groups in total. The lowest BCUT2D eigenvalue weighted by Crippen LogP contribution is -2.31. The lowest BCUT2D eigenvalue weighted by Gasteiger charge is -2.16. The van der Waals surface area contributed by atoms with Gasteiger partial charge < -0.3 is 9.88 Å². The molecule has 3 rings (SSSR count). The van der Waals surface area contributed by atoms with E-state index in [0.717, 1.165) is 30.8 Å². The van der Waals surface area contributed by atoms with Crippen LogP contribution in [0.15, 0.2) is 55.0 Å². The highest BCUT2D eigenvalue weighted by Gasteiger charge is 2.13. The van der Waals surface area contributed by atoms with Gasteiger partial charge in [0.2, 0.25) is 0 Å². The van der Waals surface area contributed by atoms with Crippen LogP contribution in [0.2, 0.25) is 0 Å². The van der Waals surface area contributed by atoms with E-state index >= 15 is 0 Å². The third-order valence-corrected chi connectivity index (χ3v) is 4.54. The van der Waals surface area contributed by atoms with Crippen LogP contribution in [0.25, 0.3) is 0 Å². The first-order valence-electron chi connectivity index (χ1n) is 9.32. The number of benzene rings is 1. The maximum atomic E-state index is 12.2. The Morgan fingerprint density at radius 1 is 1.19 bits per heavy atom. The lowest BCUT2D eigenvalue weighted by atomic mass is 10.1. The second-order valence-electron chi connectivity index (χ2n) is 6.37. The molecule has 0 bridgehead atoms. The Morgan fingerprint density at radius 3 is 2.78 bits per heavy atom. The summed E-state index contributed by atoms with van der Waals surface area (Å²) in [5, 5.41) is 10.1. The Hall–Kier alpha value is -3.09. The Labute approximate surface area is 159 Å². The van der Waals surface area contributed by atoms with Gasteiger partial charge in [-0.15, -0.1) is 0 Å². The molecule has 0 fully saturated rings. The molecule has 0 aliphatic rings. The van der Waals surface area contributed by atoms with Crippen molar-refractivity contribution in [3.8, 4) is 0 Å². The normalized spacial score (nSPS) is 11.9. The quantitative estimate of drug-likeness (QED) is 0.599. The molecule has 142 valence electrons. The monoisotopic (exact) mass is 366 g/mol. The average Bonchev–Trinajstić information content (AvgIpc) is 3.34. The average molecular weight is 366 g/mol. The van der Waals surface area contributed by atoms with Crippen molar-refractivity contribution in [2.45, 2.75) is 39.3 Å². The van der Waals surface area contributed by atoms with Crippen LogP contribution in [0.1, 0.15) is 37.7 Å². The van der Waals surface area contributed by atoms with Crippen molar-refractivity contribution in [3.05, 3.63) is 66.4 Å². The summed E-state index contributed by atoms with van der Waals surface area (Å²) in [6, 6.07) is 11.7. The number of aromatic nitrogens is 4. The number of rotatable bonds is 8. The Kier molecular flexibility index (Phi) is 6.25. The molecule has 2 aromatic heterocycles. The fourth-order valence-electron chi connectivity index (χ4n) is 3.06. The van der Waals surface area contributed by atoms with Crippen molar-refractivity contribution in [3.63, 3.8) is 0 Å². The van der Waals surface area contributed by atoms with E-state index in [1.165, 1.54) is 0 Å². The molecule has 0 aliphatic carbocycles. The molecule has 27 heavy (non-hydrogen) atoms. The molecular formula is C20H26N6O. The van der Waals surface area contributed by atoms with Crippen molar-refractivity contribution in [1.82, 2.24) is 24.6 Å². The number of hydrogen-bond acceptors (Lipinski definition) is 3. The third kappa shape index (κ3) is 4.75. The van der Waals surface area contributed by atoms with Gasteiger partial charge in [-0.1, -0.05) is 37.3 Å². The van der Waals surface area contributed by atoms with E-state index in [4.69, 9.17) is 0 Å². The minimum atomic E-state index is -0.224. The molecular weight excluding hydrogens is 340 g/mol. The zero-order valence-electron chi connectivity index (χ0n) is 15.8. The number of aryl methyl sites for hydroxylation is 2. The van der Waals surface area contributed by atoms with Crippen molar-refractivity contribution in [2.75, 3.05) is 11.9 Å². The highest BCUT2D eigenvalue weighted by atomic mass is 16.2. The number of imidazole rings is 1. The smallest absolute Gasteiger partial charge is 0.320 e. The van der Waals surface area contributed by atoms with Crippen LogP contribution < -0.4 is 10.6 Å². The fraction of sp³-hybridized carbons (Fsp3) is 0.350. The van der Waals surface area contributed by atoms with E-state index in [-0.39, 0.29) is 12.1 Å². The summed E-state index contributed by atoms with van der Waals surface area (Å²) in [6.07, 6.45) is 7.23. The van der Waals surface area contributed by atoms with Gasteiger partial charge >= 0.3 is 6.03 Å². The molecule has 3 aromatic rings. The molecule has 0 radical (unpaired) electrons. The van der Waals surface area contributed by atoms with Crippen molar-refractivity contribution < 1.29 is 4.79 Å². The number of carbonyl (C=O) groups is 1. The molecule has 2 amide bonds. The molecule has 0 saturated carbocycles. The molecule has 0 spiro atoms. The van der Waals surface area contributed by atoms with Crippen LogP contribution in [0.3, 0.4) is 0 Å². The zero-order valence-corrected chi connectivity index (χ0v) is 15.8. The van der Waals surface area contributed by atoms with Gasteiger partial charge in [0.1, 0.15) is 11.6 Å². The predicted molar refractivity (Wildman–Crippen MR) is 106 cm³/mol. The summed E-state index contributed by atoms with van der Waals surface area (Å²) in [5.74, 6) is 1.74. The molecule has 0 saturated heterocycles. The topological polar surface area (TPSA) is 76.8 Å². The van der Waals surface area contributed by atoms with Crippen LogP contribution in [0.4, 0.5) is 10.6 Å². The first-order chi connectivity index (χ1) is 13.2. The number of urea groups is 1. The molecule has 1 unspecified atom stereocenters. The number of nitrogens with one attached hydrogen (secondary N) is 2. The molecule has 1 atom stereocenters. The number of carbonyl (C=O) groups excluding carboxylic acids is 1. The van der Waals surface area contributed by atoms with E-state index in [0.29, 0.717) is 12.4 Å². The first kappa shape index (κ1) is 18.7. The lowest BCUT2D eigenvalue weighted by molar-refractivity contribution is 0.251. The van der Waals surface area contributed by atoms with E-state index in [9.17, 15) is 4.79 Å². The third-order valence-electron chi connectivity index (χ3n) is 4.54. The van der Waals surface area contributed by atoms with Gasteiger partial charge in [0.05, 0.1) is 12.2 Å².